The third kappa shape index (κ3) is 2.76. The van der Waals surface area contributed by atoms with Crippen LogP contribution >= 0.6 is 0 Å². The Kier molecular flexibility index (Phi) is 3.63. The summed E-state index contributed by atoms with van der Waals surface area (Å²) in [5.74, 6) is -0.868. The topological polar surface area (TPSA) is 57.8 Å². The zero-order valence-electron chi connectivity index (χ0n) is 11.9. The first-order valence-corrected chi connectivity index (χ1v) is 7.16. The van der Waals surface area contributed by atoms with Gasteiger partial charge in [0.1, 0.15) is 11.5 Å². The van der Waals surface area contributed by atoms with Gasteiger partial charge in [-0.1, -0.05) is 6.92 Å². The number of nitrogens with zero attached hydrogens (tertiary/aromatic N) is 3. The summed E-state index contributed by atoms with van der Waals surface area (Å²) in [6, 6.07) is 2.80. The lowest BCUT2D eigenvalue weighted by atomic mass is 10.0. The number of hydrogen-bond acceptors (Lipinski definition) is 3. The van der Waals surface area contributed by atoms with Crippen LogP contribution in [0.15, 0.2) is 18.3 Å². The van der Waals surface area contributed by atoms with E-state index in [9.17, 15) is 14.3 Å². The molecule has 1 saturated heterocycles. The van der Waals surface area contributed by atoms with Crippen LogP contribution in [0, 0.1) is 11.7 Å². The average molecular weight is 291 g/mol. The second kappa shape index (κ2) is 5.44. The number of rotatable bonds is 3. The van der Waals surface area contributed by atoms with Gasteiger partial charge >= 0.3 is 5.97 Å². The second-order valence-electron chi connectivity index (χ2n) is 5.77. The van der Waals surface area contributed by atoms with Crippen LogP contribution in [0.1, 0.15) is 35.9 Å². The molecule has 1 unspecified atom stereocenters. The number of imidazole rings is 1. The molecule has 3 heterocycles. The van der Waals surface area contributed by atoms with Gasteiger partial charge in [-0.25, -0.2) is 14.2 Å². The summed E-state index contributed by atoms with van der Waals surface area (Å²) >= 11 is 0. The highest BCUT2D eigenvalue weighted by Crippen LogP contribution is 2.21. The van der Waals surface area contributed by atoms with Gasteiger partial charge in [0.25, 0.3) is 0 Å². The summed E-state index contributed by atoms with van der Waals surface area (Å²) in [6.45, 7) is 4.54. The molecule has 1 atom stereocenters. The number of carbonyl (C=O) groups is 1. The molecule has 112 valence electrons. The predicted octanol–water partition coefficient (Wildman–Crippen LogP) is 2.40. The van der Waals surface area contributed by atoms with Crippen molar-refractivity contribution in [2.45, 2.75) is 26.3 Å². The van der Waals surface area contributed by atoms with Crippen molar-refractivity contribution in [3.8, 4) is 0 Å². The molecule has 0 saturated carbocycles. The van der Waals surface area contributed by atoms with Crippen LogP contribution in [0.3, 0.4) is 0 Å². The molecule has 21 heavy (non-hydrogen) atoms. The van der Waals surface area contributed by atoms with Crippen molar-refractivity contribution in [3.63, 3.8) is 0 Å². The maximum Gasteiger partial charge on any atom is 0.356 e. The number of halogens is 1. The summed E-state index contributed by atoms with van der Waals surface area (Å²) in [5, 5.41) is 9.33. The highest BCUT2D eigenvalue weighted by Gasteiger charge is 2.23. The van der Waals surface area contributed by atoms with E-state index in [1.165, 1.54) is 24.8 Å². The van der Waals surface area contributed by atoms with Crippen LogP contribution in [-0.4, -0.2) is 38.4 Å². The van der Waals surface area contributed by atoms with Crippen LogP contribution in [0.25, 0.3) is 5.65 Å². The fourth-order valence-corrected chi connectivity index (χ4v) is 3.03. The Hall–Kier alpha value is -1.95. The summed E-state index contributed by atoms with van der Waals surface area (Å²) in [7, 11) is 0. The van der Waals surface area contributed by atoms with Crippen LogP contribution in [0.5, 0.6) is 0 Å². The average Bonchev–Trinajstić information content (AvgIpc) is 2.77. The summed E-state index contributed by atoms with van der Waals surface area (Å²) in [5.41, 5.74) is 1.03. The minimum atomic E-state index is -1.07. The van der Waals surface area contributed by atoms with Crippen molar-refractivity contribution in [2.24, 2.45) is 5.92 Å². The maximum absolute atomic E-state index is 13.5. The van der Waals surface area contributed by atoms with Gasteiger partial charge in [-0.15, -0.1) is 0 Å². The molecule has 6 heteroatoms. The van der Waals surface area contributed by atoms with Gasteiger partial charge in [-0.3, -0.25) is 9.30 Å². The number of pyridine rings is 1. The lowest BCUT2D eigenvalue weighted by Gasteiger charge is -2.30. The van der Waals surface area contributed by atoms with Crippen molar-refractivity contribution in [2.75, 3.05) is 13.1 Å². The normalized spacial score (nSPS) is 20.0. The minimum Gasteiger partial charge on any atom is -0.476 e. The molecular weight excluding hydrogens is 273 g/mol. The highest BCUT2D eigenvalue weighted by molar-refractivity contribution is 5.88. The molecule has 1 aliphatic heterocycles. The minimum absolute atomic E-state index is 0.0128. The third-order valence-electron chi connectivity index (χ3n) is 4.00. The van der Waals surface area contributed by atoms with Gasteiger partial charge in [0.15, 0.2) is 5.69 Å². The van der Waals surface area contributed by atoms with E-state index in [1.54, 1.807) is 4.40 Å². The first kappa shape index (κ1) is 14.0. The fourth-order valence-electron chi connectivity index (χ4n) is 3.03. The maximum atomic E-state index is 13.5. The van der Waals surface area contributed by atoms with Crippen LogP contribution < -0.4 is 0 Å². The highest BCUT2D eigenvalue weighted by atomic mass is 19.1. The number of piperidine rings is 1. The Morgan fingerprint density at radius 2 is 2.33 bits per heavy atom. The van der Waals surface area contributed by atoms with Gasteiger partial charge in [-0.05, 0) is 37.4 Å². The third-order valence-corrected chi connectivity index (χ3v) is 4.00. The van der Waals surface area contributed by atoms with E-state index < -0.39 is 11.8 Å². The SMILES string of the molecule is CC1CCCN(Cc2c(C(=O)O)nc3ccc(F)cn23)C1. The lowest BCUT2D eigenvalue weighted by Crippen LogP contribution is -2.34. The standard InChI is InChI=1S/C15H18FN3O2/c1-10-3-2-6-18(7-10)9-12-14(15(20)21)17-13-5-4-11(16)8-19(12)13/h4-5,8,10H,2-3,6-7,9H2,1H3,(H,20,21). The quantitative estimate of drug-likeness (QED) is 0.943. The Bertz CT molecular complexity index is 683. The summed E-state index contributed by atoms with van der Waals surface area (Å²) in [6.07, 6.45) is 3.61. The lowest BCUT2D eigenvalue weighted by molar-refractivity contribution is 0.0687. The predicted molar refractivity (Wildman–Crippen MR) is 75.8 cm³/mol. The molecule has 0 bridgehead atoms. The largest absolute Gasteiger partial charge is 0.476 e. The molecule has 2 aromatic heterocycles. The molecule has 0 radical (unpaired) electrons. The van der Waals surface area contributed by atoms with Gasteiger partial charge in [0.2, 0.25) is 0 Å². The Balaban J connectivity index is 2.00. The number of likely N-dealkylation sites (tertiary alicyclic amines) is 1. The number of aromatic nitrogens is 2. The van der Waals surface area contributed by atoms with Gasteiger partial charge in [0.05, 0.1) is 5.69 Å². The second-order valence-corrected chi connectivity index (χ2v) is 5.77. The van der Waals surface area contributed by atoms with Crippen molar-refractivity contribution >= 4 is 11.6 Å². The Labute approximate surface area is 122 Å². The van der Waals surface area contributed by atoms with E-state index in [1.807, 2.05) is 0 Å². The molecule has 1 fully saturated rings. The van der Waals surface area contributed by atoms with Gasteiger partial charge < -0.3 is 5.11 Å². The van der Waals surface area contributed by atoms with E-state index in [-0.39, 0.29) is 5.69 Å². The first-order chi connectivity index (χ1) is 10.0. The molecule has 0 amide bonds. The molecule has 5 nitrogen and oxygen atoms in total. The molecule has 3 rings (SSSR count). The molecule has 1 N–H and O–H groups in total. The van der Waals surface area contributed by atoms with Gasteiger partial charge in [0, 0.05) is 19.3 Å². The number of carboxylic acids is 1. The molecule has 2 aromatic rings. The van der Waals surface area contributed by atoms with E-state index in [0.717, 1.165) is 19.5 Å². The summed E-state index contributed by atoms with van der Waals surface area (Å²) in [4.78, 5) is 17.7. The number of aromatic carboxylic acids is 1. The molecule has 0 aliphatic carbocycles. The number of hydrogen-bond donors (Lipinski definition) is 1. The van der Waals surface area contributed by atoms with Crippen molar-refractivity contribution in [1.82, 2.24) is 14.3 Å². The van der Waals surface area contributed by atoms with Crippen molar-refractivity contribution < 1.29 is 14.3 Å². The van der Waals surface area contributed by atoms with Crippen molar-refractivity contribution in [3.05, 3.63) is 35.5 Å². The van der Waals surface area contributed by atoms with Crippen LogP contribution in [0.4, 0.5) is 4.39 Å². The molecule has 0 spiro atoms. The molecule has 1 aliphatic rings. The van der Waals surface area contributed by atoms with E-state index in [2.05, 4.69) is 16.8 Å². The molecular formula is C15H18FN3O2. The zero-order valence-corrected chi connectivity index (χ0v) is 11.9. The molecule has 0 aromatic carbocycles. The van der Waals surface area contributed by atoms with E-state index in [0.29, 0.717) is 23.8 Å². The monoisotopic (exact) mass is 291 g/mol. The van der Waals surface area contributed by atoms with Crippen molar-refractivity contribution in [1.29, 1.82) is 0 Å². The summed E-state index contributed by atoms with van der Waals surface area (Å²) < 4.78 is 15.0. The zero-order chi connectivity index (χ0) is 15.0. The Morgan fingerprint density at radius 1 is 1.52 bits per heavy atom. The number of fused-ring (bicyclic) bond motifs is 1. The Morgan fingerprint density at radius 3 is 3.05 bits per heavy atom. The van der Waals surface area contributed by atoms with Crippen LogP contribution in [-0.2, 0) is 6.54 Å². The van der Waals surface area contributed by atoms with E-state index >= 15 is 0 Å². The van der Waals surface area contributed by atoms with E-state index in [4.69, 9.17) is 0 Å². The number of carboxylic acid groups (broad SMARTS) is 1. The first-order valence-electron chi connectivity index (χ1n) is 7.16. The smallest absolute Gasteiger partial charge is 0.356 e. The van der Waals surface area contributed by atoms with Crippen LogP contribution in [0.2, 0.25) is 0 Å². The van der Waals surface area contributed by atoms with Gasteiger partial charge in [-0.2, -0.15) is 0 Å². The fraction of sp³-hybridized carbons (Fsp3) is 0.467.